The van der Waals surface area contributed by atoms with Crippen LogP contribution in [0.3, 0.4) is 0 Å². The van der Waals surface area contributed by atoms with Crippen molar-refractivity contribution in [3.05, 3.63) is 48.7 Å². The van der Waals surface area contributed by atoms with E-state index in [-0.39, 0.29) is 12.3 Å². The number of nitrogens with zero attached hydrogens (tertiary/aromatic N) is 1. The minimum absolute atomic E-state index is 0.00629. The summed E-state index contributed by atoms with van der Waals surface area (Å²) in [6, 6.07) is 12.3. The van der Waals surface area contributed by atoms with E-state index < -0.39 is 11.4 Å². The molecule has 2 N–H and O–H groups in total. The quantitative estimate of drug-likeness (QED) is 0.848. The highest BCUT2D eigenvalue weighted by Gasteiger charge is 2.45. The third-order valence-corrected chi connectivity index (χ3v) is 4.24. The van der Waals surface area contributed by atoms with Crippen LogP contribution in [0.1, 0.15) is 25.7 Å². The molecule has 1 aliphatic rings. The Balaban J connectivity index is 1.64. The number of anilines is 1. The Morgan fingerprint density at radius 1 is 1.21 bits per heavy atom. The number of nitrogens with one attached hydrogen (secondary N) is 1. The van der Waals surface area contributed by atoms with Gasteiger partial charge >= 0.3 is 5.97 Å². The number of carboxylic acid groups (broad SMARTS) is 1. The zero-order valence-corrected chi connectivity index (χ0v) is 13.1. The number of ether oxygens (including phenoxy) is 1. The van der Waals surface area contributed by atoms with Crippen molar-refractivity contribution in [1.29, 1.82) is 0 Å². The molecule has 0 atom stereocenters. The molecule has 0 unspecified atom stereocenters. The van der Waals surface area contributed by atoms with Crippen LogP contribution >= 0.6 is 0 Å². The number of hydrogen-bond donors (Lipinski definition) is 2. The summed E-state index contributed by atoms with van der Waals surface area (Å²) in [6.45, 7) is 0. The number of carboxylic acids is 1. The lowest BCUT2D eigenvalue weighted by molar-refractivity contribution is -0.157. The maximum atomic E-state index is 12.2. The lowest BCUT2D eigenvalue weighted by atomic mass is 9.66. The Labute approximate surface area is 139 Å². The molecule has 1 heterocycles. The third kappa shape index (κ3) is 3.53. The first-order chi connectivity index (χ1) is 11.6. The molecule has 0 radical (unpaired) electrons. The van der Waals surface area contributed by atoms with E-state index in [0.717, 1.165) is 6.42 Å². The van der Waals surface area contributed by atoms with Crippen molar-refractivity contribution in [2.24, 2.45) is 5.41 Å². The molecule has 1 fully saturated rings. The minimum Gasteiger partial charge on any atom is -0.481 e. The van der Waals surface area contributed by atoms with Crippen LogP contribution in [-0.2, 0) is 9.59 Å². The summed E-state index contributed by atoms with van der Waals surface area (Å²) in [5, 5.41) is 12.0. The van der Waals surface area contributed by atoms with Crippen molar-refractivity contribution in [2.75, 3.05) is 5.32 Å². The van der Waals surface area contributed by atoms with Crippen LogP contribution < -0.4 is 10.1 Å². The lowest BCUT2D eigenvalue weighted by Gasteiger charge is -2.36. The molecule has 24 heavy (non-hydrogen) atoms. The molecule has 0 aliphatic heterocycles. The van der Waals surface area contributed by atoms with Gasteiger partial charge in [-0.3, -0.25) is 9.59 Å². The zero-order valence-electron chi connectivity index (χ0n) is 13.1. The van der Waals surface area contributed by atoms with Crippen LogP contribution in [-0.4, -0.2) is 22.0 Å². The van der Waals surface area contributed by atoms with E-state index in [9.17, 15) is 14.7 Å². The molecule has 1 saturated carbocycles. The molecule has 6 heteroatoms. The standard InChI is InChI=1S/C18H18N2O4/c21-15(12-18(17(22)23)8-4-9-18)20-13-5-3-6-14(11-13)24-16-7-1-2-10-19-16/h1-3,5-7,10-11H,4,8-9,12H2,(H,20,21)(H,22,23). The molecule has 3 rings (SSSR count). The predicted octanol–water partition coefficient (Wildman–Crippen LogP) is 3.46. The van der Waals surface area contributed by atoms with Gasteiger partial charge in [-0.1, -0.05) is 18.6 Å². The molecule has 1 aromatic heterocycles. The number of rotatable bonds is 6. The SMILES string of the molecule is O=C(CC1(C(=O)O)CCC1)Nc1cccc(Oc2ccccn2)c1. The first-order valence-electron chi connectivity index (χ1n) is 7.80. The summed E-state index contributed by atoms with van der Waals surface area (Å²) in [5.74, 6) is -0.188. The number of carbonyl (C=O) groups excluding carboxylic acids is 1. The predicted molar refractivity (Wildman–Crippen MR) is 87.9 cm³/mol. The van der Waals surface area contributed by atoms with Crippen LogP contribution in [0.5, 0.6) is 11.6 Å². The Hall–Kier alpha value is -2.89. The van der Waals surface area contributed by atoms with E-state index in [1.165, 1.54) is 0 Å². The van der Waals surface area contributed by atoms with Gasteiger partial charge in [0.25, 0.3) is 0 Å². The van der Waals surface area contributed by atoms with Crippen LogP contribution in [0, 0.1) is 5.41 Å². The highest BCUT2D eigenvalue weighted by atomic mass is 16.5. The van der Waals surface area contributed by atoms with E-state index in [1.54, 1.807) is 42.6 Å². The largest absolute Gasteiger partial charge is 0.481 e. The van der Waals surface area contributed by atoms with Gasteiger partial charge in [-0.15, -0.1) is 0 Å². The third-order valence-electron chi connectivity index (χ3n) is 4.24. The molecule has 2 aromatic rings. The first kappa shape index (κ1) is 16.0. The van der Waals surface area contributed by atoms with Crippen LogP contribution in [0.4, 0.5) is 5.69 Å². The van der Waals surface area contributed by atoms with Crippen molar-refractivity contribution in [3.63, 3.8) is 0 Å². The van der Waals surface area contributed by atoms with Gasteiger partial charge < -0.3 is 15.2 Å². The van der Waals surface area contributed by atoms with Crippen molar-refractivity contribution in [1.82, 2.24) is 4.98 Å². The van der Waals surface area contributed by atoms with Gasteiger partial charge in [0.05, 0.1) is 5.41 Å². The van der Waals surface area contributed by atoms with E-state index in [0.29, 0.717) is 30.2 Å². The van der Waals surface area contributed by atoms with Crippen molar-refractivity contribution in [3.8, 4) is 11.6 Å². The molecule has 0 saturated heterocycles. The summed E-state index contributed by atoms with van der Waals surface area (Å²) in [6.07, 6.45) is 3.59. The smallest absolute Gasteiger partial charge is 0.310 e. The van der Waals surface area contributed by atoms with Crippen molar-refractivity contribution >= 4 is 17.6 Å². The zero-order chi connectivity index (χ0) is 17.0. The number of amides is 1. The normalized spacial score (nSPS) is 15.2. The van der Waals surface area contributed by atoms with Crippen LogP contribution in [0.15, 0.2) is 48.7 Å². The minimum atomic E-state index is -0.897. The molecule has 1 amide bonds. The van der Waals surface area contributed by atoms with Gasteiger partial charge in [0.15, 0.2) is 0 Å². The number of pyridine rings is 1. The highest BCUT2D eigenvalue weighted by Crippen LogP contribution is 2.44. The number of hydrogen-bond acceptors (Lipinski definition) is 4. The summed E-state index contributed by atoms with van der Waals surface area (Å²) in [4.78, 5) is 27.6. The molecule has 1 aromatic carbocycles. The Morgan fingerprint density at radius 2 is 2.04 bits per heavy atom. The Bertz CT molecular complexity index is 742. The van der Waals surface area contributed by atoms with Crippen molar-refractivity contribution < 1.29 is 19.4 Å². The summed E-state index contributed by atoms with van der Waals surface area (Å²) in [5.41, 5.74) is -0.333. The summed E-state index contributed by atoms with van der Waals surface area (Å²) >= 11 is 0. The molecular formula is C18H18N2O4. The number of aromatic nitrogens is 1. The molecule has 6 nitrogen and oxygen atoms in total. The van der Waals surface area contributed by atoms with Gasteiger partial charge in [-0.2, -0.15) is 0 Å². The van der Waals surface area contributed by atoms with E-state index in [1.807, 2.05) is 6.07 Å². The van der Waals surface area contributed by atoms with Gasteiger partial charge in [0, 0.05) is 30.4 Å². The fourth-order valence-electron chi connectivity index (χ4n) is 2.75. The van der Waals surface area contributed by atoms with Gasteiger partial charge in [0.1, 0.15) is 5.75 Å². The average Bonchev–Trinajstić information content (AvgIpc) is 2.52. The second kappa shape index (κ2) is 6.70. The Kier molecular flexibility index (Phi) is 4.46. The van der Waals surface area contributed by atoms with Crippen LogP contribution in [0.2, 0.25) is 0 Å². The Morgan fingerprint density at radius 3 is 2.67 bits per heavy atom. The number of benzene rings is 1. The number of aliphatic carboxylic acids is 1. The van der Waals surface area contributed by atoms with Gasteiger partial charge in [0.2, 0.25) is 11.8 Å². The van der Waals surface area contributed by atoms with Gasteiger partial charge in [-0.25, -0.2) is 4.98 Å². The fraction of sp³-hybridized carbons (Fsp3) is 0.278. The van der Waals surface area contributed by atoms with E-state index in [2.05, 4.69) is 10.3 Å². The van der Waals surface area contributed by atoms with E-state index >= 15 is 0 Å². The van der Waals surface area contributed by atoms with Crippen LogP contribution in [0.25, 0.3) is 0 Å². The van der Waals surface area contributed by atoms with E-state index in [4.69, 9.17) is 4.74 Å². The second-order valence-corrected chi connectivity index (χ2v) is 5.96. The molecule has 124 valence electrons. The summed E-state index contributed by atoms with van der Waals surface area (Å²) in [7, 11) is 0. The average molecular weight is 326 g/mol. The highest BCUT2D eigenvalue weighted by molar-refractivity contribution is 5.94. The van der Waals surface area contributed by atoms with Crippen molar-refractivity contribution in [2.45, 2.75) is 25.7 Å². The number of carbonyl (C=O) groups is 2. The maximum absolute atomic E-state index is 12.2. The molecule has 0 spiro atoms. The lowest BCUT2D eigenvalue weighted by Crippen LogP contribution is -2.41. The molecule has 0 bridgehead atoms. The maximum Gasteiger partial charge on any atom is 0.310 e. The molecular weight excluding hydrogens is 308 g/mol. The van der Waals surface area contributed by atoms with Gasteiger partial charge in [-0.05, 0) is 31.0 Å². The second-order valence-electron chi connectivity index (χ2n) is 5.96. The monoisotopic (exact) mass is 326 g/mol. The fourth-order valence-corrected chi connectivity index (χ4v) is 2.75. The first-order valence-corrected chi connectivity index (χ1v) is 7.80. The summed E-state index contributed by atoms with van der Waals surface area (Å²) < 4.78 is 5.62. The molecule has 1 aliphatic carbocycles. The topological polar surface area (TPSA) is 88.5 Å².